The van der Waals surface area contributed by atoms with Gasteiger partial charge in [-0.25, -0.2) is 0 Å². The van der Waals surface area contributed by atoms with E-state index in [1.54, 1.807) is 0 Å². The zero-order chi connectivity index (χ0) is 10.2. The Labute approximate surface area is 89.7 Å². The minimum Gasteiger partial charge on any atom is -0.326 e. The Kier molecular flexibility index (Phi) is 9.04. The van der Waals surface area contributed by atoms with Gasteiger partial charge in [-0.15, -0.1) is 10.9 Å². The Morgan fingerprint density at radius 2 is 1.62 bits per heavy atom. The van der Waals surface area contributed by atoms with Gasteiger partial charge in [0, 0.05) is 0 Å². The molecule has 0 rings (SSSR count). The zero-order valence-electron chi connectivity index (χ0n) is 8.95. The topological polar surface area (TPSA) is 18.5 Å². The van der Waals surface area contributed by atoms with Gasteiger partial charge in [0.05, 0.1) is 13.2 Å². The maximum atomic E-state index is 5.79. The van der Waals surface area contributed by atoms with Crippen LogP contribution in [0.5, 0.6) is 0 Å². The number of hydrogen-bond donors (Lipinski definition) is 1. The minimum absolute atomic E-state index is 0.758. The number of rotatable bonds is 7. The maximum absolute atomic E-state index is 5.79. The molecule has 0 amide bonds. The van der Waals surface area contributed by atoms with Crippen LogP contribution in [0.15, 0.2) is 0 Å². The van der Waals surface area contributed by atoms with Gasteiger partial charge in [0.15, 0.2) is 0 Å². The van der Waals surface area contributed by atoms with Crippen LogP contribution < -0.4 is 0 Å². The van der Waals surface area contributed by atoms with E-state index in [1.807, 2.05) is 25.2 Å². The third kappa shape index (κ3) is 5.48. The fraction of sp³-hybridized carbons (Fsp3) is 1.00. The highest BCUT2D eigenvalue weighted by Crippen LogP contribution is 2.62. The average Bonchev–Trinajstić information content (AvgIpc) is 2.06. The number of thiol groups is 1. The van der Waals surface area contributed by atoms with E-state index < -0.39 is 5.69 Å². The molecule has 0 saturated carbocycles. The van der Waals surface area contributed by atoms with Gasteiger partial charge in [0.2, 0.25) is 5.69 Å². The second-order valence-electron chi connectivity index (χ2n) is 2.18. The normalized spacial score (nSPS) is 12.0. The van der Waals surface area contributed by atoms with Gasteiger partial charge in [-0.05, 0) is 25.4 Å². The lowest BCUT2D eigenvalue weighted by Crippen LogP contribution is -1.95. The van der Waals surface area contributed by atoms with Crippen LogP contribution in [-0.4, -0.2) is 24.7 Å². The van der Waals surface area contributed by atoms with E-state index in [9.17, 15) is 0 Å². The molecule has 0 bridgehead atoms. The summed E-state index contributed by atoms with van der Waals surface area (Å²) < 4.78 is 11.6. The highest BCUT2D eigenvalue weighted by molar-refractivity contribution is 8.70. The third-order valence-electron chi connectivity index (χ3n) is 1.19. The summed E-state index contributed by atoms with van der Waals surface area (Å²) in [5.74, 6) is 2.18. The summed E-state index contributed by atoms with van der Waals surface area (Å²) in [5.41, 5.74) is -1.61. The molecule has 0 radical (unpaired) electrons. The molecule has 0 fully saturated rings. The molecule has 0 saturated heterocycles. The molecular weight excluding hydrogens is 223 g/mol. The summed E-state index contributed by atoms with van der Waals surface area (Å²) in [7, 11) is 1.33. The van der Waals surface area contributed by atoms with Crippen LogP contribution in [0.3, 0.4) is 0 Å². The van der Waals surface area contributed by atoms with Crippen molar-refractivity contribution in [1.82, 2.24) is 0 Å². The molecular formula is C8H21O2PS2. The van der Waals surface area contributed by atoms with Crippen molar-refractivity contribution in [2.45, 2.75) is 27.7 Å². The van der Waals surface area contributed by atoms with Crippen LogP contribution in [0.4, 0.5) is 0 Å². The Morgan fingerprint density at radius 1 is 1.08 bits per heavy atom. The molecule has 0 N–H and O–H groups in total. The summed E-state index contributed by atoms with van der Waals surface area (Å²) in [6, 6.07) is 0. The molecule has 0 aromatic rings. The van der Waals surface area contributed by atoms with Crippen molar-refractivity contribution in [2.24, 2.45) is 0 Å². The average molecular weight is 244 g/mol. The largest absolute Gasteiger partial charge is 0.326 e. The molecule has 13 heavy (non-hydrogen) atoms. The molecule has 0 atom stereocenters. The maximum Gasteiger partial charge on any atom is 0.204 e. The molecule has 0 aromatic heterocycles. The van der Waals surface area contributed by atoms with Crippen LogP contribution in [0.2, 0.25) is 0 Å². The summed E-state index contributed by atoms with van der Waals surface area (Å²) in [6.07, 6.45) is 0. The first kappa shape index (κ1) is 14.1. The molecule has 0 aliphatic rings. The van der Waals surface area contributed by atoms with Gasteiger partial charge in [0.1, 0.15) is 0 Å². The Bertz CT molecular complexity index is 150. The Hall–Kier alpha value is 1.05. The molecule has 0 spiro atoms. The highest BCUT2D eigenvalue weighted by Gasteiger charge is 2.17. The van der Waals surface area contributed by atoms with Crippen molar-refractivity contribution in [3.05, 3.63) is 0 Å². The van der Waals surface area contributed by atoms with Crippen LogP contribution >= 0.6 is 17.1 Å². The van der Waals surface area contributed by atoms with Crippen LogP contribution in [0.1, 0.15) is 27.7 Å². The van der Waals surface area contributed by atoms with Crippen molar-refractivity contribution in [1.29, 1.82) is 0 Å². The molecule has 5 heteroatoms. The van der Waals surface area contributed by atoms with Gasteiger partial charge in [-0.2, -0.15) is 0 Å². The lowest BCUT2D eigenvalue weighted by molar-refractivity contribution is 0.280. The van der Waals surface area contributed by atoms with Gasteiger partial charge in [0.25, 0.3) is 0 Å². The lowest BCUT2D eigenvalue weighted by atomic mass is 10.9. The van der Waals surface area contributed by atoms with Gasteiger partial charge < -0.3 is 9.05 Å². The van der Waals surface area contributed by atoms with Crippen molar-refractivity contribution in [3.8, 4) is 0 Å². The highest BCUT2D eigenvalue weighted by atomic mass is 32.9. The van der Waals surface area contributed by atoms with E-state index in [4.69, 9.17) is 9.05 Å². The standard InChI is InChI=1S/C8H21O2PS2/c1-5-9-11(10-6-2,12-7-3)13-8-4/h12H,5-8H2,1-4H3. The van der Waals surface area contributed by atoms with E-state index in [0.717, 1.165) is 24.7 Å². The summed E-state index contributed by atoms with van der Waals surface area (Å²) in [6.45, 7) is 9.92. The smallest absolute Gasteiger partial charge is 0.204 e. The van der Waals surface area contributed by atoms with Crippen LogP contribution in [-0.2, 0) is 20.0 Å². The van der Waals surface area contributed by atoms with E-state index in [-0.39, 0.29) is 0 Å². The lowest BCUT2D eigenvalue weighted by Gasteiger charge is -2.23. The fourth-order valence-electron chi connectivity index (χ4n) is 0.897. The molecule has 2 nitrogen and oxygen atoms in total. The molecule has 0 aliphatic carbocycles. The molecule has 82 valence electrons. The molecule has 0 heterocycles. The van der Waals surface area contributed by atoms with Gasteiger partial charge in [-0.1, -0.05) is 25.2 Å². The zero-order valence-corrected chi connectivity index (χ0v) is 11.6. The third-order valence-corrected chi connectivity index (χ3v) is 10.6. The minimum atomic E-state index is -1.61. The Balaban J connectivity index is 4.48. The predicted octanol–water partition coefficient (Wildman–Crippen LogP) is 3.32. The van der Waals surface area contributed by atoms with Crippen molar-refractivity contribution in [3.63, 3.8) is 0 Å². The Morgan fingerprint density at radius 3 is 1.92 bits per heavy atom. The summed E-state index contributed by atoms with van der Waals surface area (Å²) in [4.78, 5) is 0. The van der Waals surface area contributed by atoms with Crippen LogP contribution in [0.25, 0.3) is 0 Å². The monoisotopic (exact) mass is 244 g/mol. The molecule has 0 unspecified atom stereocenters. The summed E-state index contributed by atoms with van der Waals surface area (Å²) >= 11 is 1.85. The van der Waals surface area contributed by atoms with E-state index in [0.29, 0.717) is 0 Å². The molecule has 0 aromatic carbocycles. The van der Waals surface area contributed by atoms with E-state index in [1.165, 1.54) is 10.9 Å². The summed E-state index contributed by atoms with van der Waals surface area (Å²) in [5, 5.41) is 0. The van der Waals surface area contributed by atoms with E-state index >= 15 is 0 Å². The number of hydrogen-bond acceptors (Lipinski definition) is 3. The quantitative estimate of drug-likeness (QED) is 0.547. The van der Waals surface area contributed by atoms with Crippen molar-refractivity contribution in [2.75, 3.05) is 24.7 Å². The van der Waals surface area contributed by atoms with Crippen LogP contribution in [0, 0.1) is 0 Å². The predicted molar refractivity (Wildman–Crippen MR) is 67.6 cm³/mol. The molecule has 0 aliphatic heterocycles. The first-order chi connectivity index (χ1) is 6.24. The second kappa shape index (κ2) is 8.37. The van der Waals surface area contributed by atoms with Crippen molar-refractivity contribution < 1.29 is 9.05 Å². The van der Waals surface area contributed by atoms with Crippen molar-refractivity contribution >= 4 is 28.0 Å². The SMILES string of the molecule is CCOP(OCC)(SCC)=[SH]CC. The second-order valence-corrected chi connectivity index (χ2v) is 10.8. The first-order valence-corrected chi connectivity index (χ1v) is 9.76. The van der Waals surface area contributed by atoms with Gasteiger partial charge in [-0.3, -0.25) is 0 Å². The fourth-order valence-corrected chi connectivity index (χ4v) is 10.0. The van der Waals surface area contributed by atoms with E-state index in [2.05, 4.69) is 13.8 Å². The first-order valence-electron chi connectivity index (χ1n) is 4.76. The van der Waals surface area contributed by atoms with Gasteiger partial charge >= 0.3 is 0 Å².